The molecule has 1 aromatic heterocycles. The maximum Gasteiger partial charge on any atom is 0.320 e. The Morgan fingerprint density at radius 1 is 1.73 bits per heavy atom. The van der Waals surface area contributed by atoms with Crippen LogP contribution in [0.5, 0.6) is 0 Å². The Morgan fingerprint density at radius 2 is 2.47 bits per heavy atom. The minimum Gasteiger partial charge on any atom is -0.480 e. The quantitative estimate of drug-likeness (QED) is 0.732. The van der Waals surface area contributed by atoms with E-state index in [1.165, 1.54) is 0 Å². The summed E-state index contributed by atoms with van der Waals surface area (Å²) in [5.74, 6) is -0.837. The van der Waals surface area contributed by atoms with Crippen molar-refractivity contribution in [2.75, 3.05) is 0 Å². The Hall–Kier alpha value is -1.36. The molecule has 84 valence electrons. The zero-order valence-electron chi connectivity index (χ0n) is 9.10. The number of hydrogen-bond acceptors (Lipinski definition) is 3. The SMILES string of the molecule is CCCn1cncc1CNC(C)C(=O)O. The highest BCUT2D eigenvalue weighted by Gasteiger charge is 2.10. The van der Waals surface area contributed by atoms with Crippen molar-refractivity contribution in [2.24, 2.45) is 0 Å². The van der Waals surface area contributed by atoms with Crippen molar-refractivity contribution in [3.05, 3.63) is 18.2 Å². The molecule has 0 aliphatic rings. The number of aliphatic carboxylic acids is 1. The number of carboxylic acids is 1. The number of nitrogens with zero attached hydrogens (tertiary/aromatic N) is 2. The Labute approximate surface area is 89.1 Å². The second kappa shape index (κ2) is 5.50. The van der Waals surface area contributed by atoms with E-state index in [1.807, 2.05) is 4.57 Å². The molecular formula is C10H17N3O2. The minimum atomic E-state index is -0.837. The van der Waals surface area contributed by atoms with Crippen LogP contribution in [0.15, 0.2) is 12.5 Å². The molecule has 15 heavy (non-hydrogen) atoms. The van der Waals surface area contributed by atoms with Gasteiger partial charge in [0.2, 0.25) is 0 Å². The van der Waals surface area contributed by atoms with Crippen LogP contribution in [-0.4, -0.2) is 26.7 Å². The van der Waals surface area contributed by atoms with Crippen LogP contribution in [0.1, 0.15) is 26.0 Å². The molecule has 0 aliphatic heterocycles. The van der Waals surface area contributed by atoms with Crippen LogP contribution < -0.4 is 5.32 Å². The second-order valence-corrected chi connectivity index (χ2v) is 3.52. The molecule has 0 radical (unpaired) electrons. The van der Waals surface area contributed by atoms with Crippen LogP contribution in [0.2, 0.25) is 0 Å². The molecule has 5 nitrogen and oxygen atoms in total. The lowest BCUT2D eigenvalue weighted by atomic mass is 10.3. The number of aromatic nitrogens is 2. The van der Waals surface area contributed by atoms with E-state index in [2.05, 4.69) is 17.2 Å². The number of rotatable bonds is 6. The van der Waals surface area contributed by atoms with Crippen molar-refractivity contribution >= 4 is 5.97 Å². The van der Waals surface area contributed by atoms with E-state index >= 15 is 0 Å². The summed E-state index contributed by atoms with van der Waals surface area (Å²) < 4.78 is 2.03. The summed E-state index contributed by atoms with van der Waals surface area (Å²) >= 11 is 0. The number of carboxylic acid groups (broad SMARTS) is 1. The molecule has 0 saturated heterocycles. The third kappa shape index (κ3) is 3.36. The van der Waals surface area contributed by atoms with Crippen LogP contribution in [0, 0.1) is 0 Å². The number of nitrogens with one attached hydrogen (secondary N) is 1. The third-order valence-electron chi connectivity index (χ3n) is 2.22. The van der Waals surface area contributed by atoms with E-state index < -0.39 is 12.0 Å². The monoisotopic (exact) mass is 211 g/mol. The van der Waals surface area contributed by atoms with Gasteiger partial charge in [0.1, 0.15) is 6.04 Å². The summed E-state index contributed by atoms with van der Waals surface area (Å²) in [5.41, 5.74) is 1.02. The molecule has 1 rings (SSSR count). The van der Waals surface area contributed by atoms with Gasteiger partial charge >= 0.3 is 5.97 Å². The molecule has 0 bridgehead atoms. The number of carbonyl (C=O) groups is 1. The molecule has 0 fully saturated rings. The Kier molecular flexibility index (Phi) is 4.30. The van der Waals surface area contributed by atoms with Crippen LogP contribution in [0.25, 0.3) is 0 Å². The number of aryl methyl sites for hydroxylation is 1. The fourth-order valence-corrected chi connectivity index (χ4v) is 1.28. The van der Waals surface area contributed by atoms with Crippen molar-refractivity contribution in [1.29, 1.82) is 0 Å². The highest BCUT2D eigenvalue weighted by molar-refractivity contribution is 5.72. The van der Waals surface area contributed by atoms with Gasteiger partial charge in [0.15, 0.2) is 0 Å². The molecule has 1 aromatic rings. The molecule has 1 unspecified atom stereocenters. The highest BCUT2D eigenvalue weighted by Crippen LogP contribution is 2.00. The van der Waals surface area contributed by atoms with Crippen LogP contribution in [0.4, 0.5) is 0 Å². The first-order valence-corrected chi connectivity index (χ1v) is 5.10. The first-order valence-electron chi connectivity index (χ1n) is 5.10. The van der Waals surface area contributed by atoms with Gasteiger partial charge < -0.3 is 9.67 Å². The maximum absolute atomic E-state index is 10.6. The van der Waals surface area contributed by atoms with Crippen molar-refractivity contribution in [2.45, 2.75) is 39.4 Å². The average molecular weight is 211 g/mol. The van der Waals surface area contributed by atoms with Gasteiger partial charge in [-0.3, -0.25) is 10.1 Å². The summed E-state index contributed by atoms with van der Waals surface area (Å²) in [6, 6.07) is -0.532. The van der Waals surface area contributed by atoms with Gasteiger partial charge in [-0.05, 0) is 13.3 Å². The zero-order valence-corrected chi connectivity index (χ0v) is 9.10. The highest BCUT2D eigenvalue weighted by atomic mass is 16.4. The summed E-state index contributed by atoms with van der Waals surface area (Å²) in [5, 5.41) is 11.6. The van der Waals surface area contributed by atoms with Gasteiger partial charge in [-0.2, -0.15) is 0 Å². The van der Waals surface area contributed by atoms with Gasteiger partial charge in [0.25, 0.3) is 0 Å². The predicted octanol–water partition coefficient (Wildman–Crippen LogP) is 0.856. The molecule has 0 aromatic carbocycles. The smallest absolute Gasteiger partial charge is 0.320 e. The fraction of sp³-hybridized carbons (Fsp3) is 0.600. The Morgan fingerprint density at radius 3 is 3.07 bits per heavy atom. The average Bonchev–Trinajstić information content (AvgIpc) is 2.62. The first kappa shape index (κ1) is 11.7. The summed E-state index contributed by atoms with van der Waals surface area (Å²) in [6.45, 7) is 5.17. The standard InChI is InChI=1S/C10H17N3O2/c1-3-4-13-7-11-5-9(13)6-12-8(2)10(14)15/h5,7-8,12H,3-4,6H2,1-2H3,(H,14,15). The van der Waals surface area contributed by atoms with Gasteiger partial charge in [-0.25, -0.2) is 4.98 Å². The lowest BCUT2D eigenvalue weighted by Gasteiger charge is -2.10. The van der Waals surface area contributed by atoms with E-state index in [1.54, 1.807) is 19.4 Å². The predicted molar refractivity (Wildman–Crippen MR) is 56.5 cm³/mol. The first-order chi connectivity index (χ1) is 7.15. The van der Waals surface area contributed by atoms with Gasteiger partial charge in [0, 0.05) is 19.3 Å². The largest absolute Gasteiger partial charge is 0.480 e. The molecular weight excluding hydrogens is 194 g/mol. The lowest BCUT2D eigenvalue weighted by molar-refractivity contribution is -0.139. The summed E-state index contributed by atoms with van der Waals surface area (Å²) in [6.07, 6.45) is 4.57. The zero-order chi connectivity index (χ0) is 11.3. The molecule has 1 atom stereocenters. The topological polar surface area (TPSA) is 67.2 Å². The summed E-state index contributed by atoms with van der Waals surface area (Å²) in [7, 11) is 0. The van der Waals surface area contributed by atoms with Gasteiger partial charge in [0.05, 0.1) is 12.0 Å². The molecule has 0 spiro atoms. The van der Waals surface area contributed by atoms with E-state index in [0.29, 0.717) is 6.54 Å². The van der Waals surface area contributed by atoms with E-state index in [-0.39, 0.29) is 0 Å². The van der Waals surface area contributed by atoms with Crippen LogP contribution in [-0.2, 0) is 17.9 Å². The molecule has 1 heterocycles. The van der Waals surface area contributed by atoms with Gasteiger partial charge in [-0.15, -0.1) is 0 Å². The number of hydrogen-bond donors (Lipinski definition) is 2. The Bertz CT molecular complexity index is 322. The van der Waals surface area contributed by atoms with Gasteiger partial charge in [-0.1, -0.05) is 6.92 Å². The van der Waals surface area contributed by atoms with E-state index in [4.69, 9.17) is 5.11 Å². The maximum atomic E-state index is 10.6. The Balaban J connectivity index is 2.49. The van der Waals surface area contributed by atoms with Crippen LogP contribution in [0.3, 0.4) is 0 Å². The normalized spacial score (nSPS) is 12.7. The lowest BCUT2D eigenvalue weighted by Crippen LogP contribution is -2.33. The minimum absolute atomic E-state index is 0.532. The molecule has 2 N–H and O–H groups in total. The van der Waals surface area contributed by atoms with Crippen molar-refractivity contribution in [3.8, 4) is 0 Å². The third-order valence-corrected chi connectivity index (χ3v) is 2.22. The van der Waals surface area contributed by atoms with Crippen LogP contribution >= 0.6 is 0 Å². The van der Waals surface area contributed by atoms with E-state index in [0.717, 1.165) is 18.7 Å². The van der Waals surface area contributed by atoms with Crippen molar-refractivity contribution < 1.29 is 9.90 Å². The van der Waals surface area contributed by atoms with Crippen molar-refractivity contribution in [1.82, 2.24) is 14.9 Å². The fourth-order valence-electron chi connectivity index (χ4n) is 1.28. The molecule has 5 heteroatoms. The molecule has 0 amide bonds. The van der Waals surface area contributed by atoms with Crippen molar-refractivity contribution in [3.63, 3.8) is 0 Å². The second-order valence-electron chi connectivity index (χ2n) is 3.52. The molecule has 0 saturated carbocycles. The summed E-state index contributed by atoms with van der Waals surface area (Å²) in [4.78, 5) is 14.6. The number of imidazole rings is 1. The van der Waals surface area contributed by atoms with E-state index in [9.17, 15) is 4.79 Å². The molecule has 0 aliphatic carbocycles.